The Balaban J connectivity index is 2.66. The summed E-state index contributed by atoms with van der Waals surface area (Å²) < 4.78 is 54.6. The van der Waals surface area contributed by atoms with E-state index >= 15 is 0 Å². The molecule has 4 heteroatoms. The molecule has 0 aliphatic rings. The van der Waals surface area contributed by atoms with Gasteiger partial charge in [-0.05, 0) is 31.0 Å². The van der Waals surface area contributed by atoms with Crippen LogP contribution >= 0.6 is 0 Å². The Morgan fingerprint density at radius 2 is 1.53 bits per heavy atom. The second-order valence-electron chi connectivity index (χ2n) is 4.33. The van der Waals surface area contributed by atoms with Crippen LogP contribution in [-0.2, 0) is 6.42 Å². The second kappa shape index (κ2) is 5.03. The fourth-order valence-corrected chi connectivity index (χ4v) is 1.88. The van der Waals surface area contributed by atoms with Gasteiger partial charge in [0, 0.05) is 16.7 Å². The van der Waals surface area contributed by atoms with Gasteiger partial charge in [-0.3, -0.25) is 0 Å². The van der Waals surface area contributed by atoms with Gasteiger partial charge < -0.3 is 0 Å². The molecule has 2 aromatic rings. The highest BCUT2D eigenvalue weighted by Crippen LogP contribution is 2.30. The maximum atomic E-state index is 13.9. The topological polar surface area (TPSA) is 0 Å². The molecular weight excluding hydrogens is 256 g/mol. The lowest BCUT2D eigenvalue weighted by Crippen LogP contribution is -1.99. The van der Waals surface area contributed by atoms with Crippen molar-refractivity contribution >= 4 is 0 Å². The lowest BCUT2D eigenvalue weighted by Gasteiger charge is -2.09. The first kappa shape index (κ1) is 13.6. The van der Waals surface area contributed by atoms with Crippen LogP contribution in [0.4, 0.5) is 17.6 Å². The third-order valence-electron chi connectivity index (χ3n) is 3.12. The van der Waals surface area contributed by atoms with Gasteiger partial charge in [0.15, 0.2) is 11.6 Å². The molecule has 0 fully saturated rings. The summed E-state index contributed by atoms with van der Waals surface area (Å²) in [6, 6.07) is 5.00. The maximum absolute atomic E-state index is 13.9. The van der Waals surface area contributed by atoms with Crippen molar-refractivity contribution in [3.63, 3.8) is 0 Å². The molecule has 0 aromatic heterocycles. The van der Waals surface area contributed by atoms with Crippen LogP contribution < -0.4 is 0 Å². The molecule has 0 spiro atoms. The van der Waals surface area contributed by atoms with Crippen LogP contribution in [0.15, 0.2) is 24.3 Å². The van der Waals surface area contributed by atoms with Gasteiger partial charge in [0.2, 0.25) is 0 Å². The normalized spacial score (nSPS) is 10.8. The second-order valence-corrected chi connectivity index (χ2v) is 4.33. The van der Waals surface area contributed by atoms with Gasteiger partial charge in [0.05, 0.1) is 0 Å². The number of benzene rings is 2. The van der Waals surface area contributed by atoms with E-state index in [9.17, 15) is 17.6 Å². The molecule has 19 heavy (non-hydrogen) atoms. The molecule has 0 atom stereocenters. The highest BCUT2D eigenvalue weighted by atomic mass is 19.2. The van der Waals surface area contributed by atoms with Crippen LogP contribution in [0, 0.1) is 30.2 Å². The monoisotopic (exact) mass is 268 g/mol. The van der Waals surface area contributed by atoms with Crippen molar-refractivity contribution in [1.29, 1.82) is 0 Å². The van der Waals surface area contributed by atoms with E-state index in [1.165, 1.54) is 12.1 Å². The summed E-state index contributed by atoms with van der Waals surface area (Å²) in [5.74, 6) is -4.11. The number of rotatable bonds is 2. The smallest absolute Gasteiger partial charge is 0.167 e. The van der Waals surface area contributed by atoms with E-state index in [0.29, 0.717) is 6.42 Å². The first-order chi connectivity index (χ1) is 8.95. The Hall–Kier alpha value is -1.84. The Labute approximate surface area is 108 Å². The zero-order valence-electron chi connectivity index (χ0n) is 10.5. The number of aryl methyl sites for hydroxylation is 1. The summed E-state index contributed by atoms with van der Waals surface area (Å²) in [7, 11) is 0. The van der Waals surface area contributed by atoms with E-state index in [4.69, 9.17) is 0 Å². The molecule has 0 nitrogen and oxygen atoms in total. The molecule has 0 aliphatic heterocycles. The molecule has 0 heterocycles. The van der Waals surface area contributed by atoms with Gasteiger partial charge in [-0.25, -0.2) is 17.6 Å². The number of hydrogen-bond donors (Lipinski definition) is 0. The molecule has 0 bridgehead atoms. The lowest BCUT2D eigenvalue weighted by molar-refractivity contribution is 0.488. The first-order valence-corrected chi connectivity index (χ1v) is 5.88. The fraction of sp³-hybridized carbons (Fsp3) is 0.200. The average molecular weight is 268 g/mol. The van der Waals surface area contributed by atoms with Gasteiger partial charge in [-0.2, -0.15) is 0 Å². The van der Waals surface area contributed by atoms with Crippen molar-refractivity contribution in [2.24, 2.45) is 0 Å². The predicted octanol–water partition coefficient (Wildman–Crippen LogP) is 4.78. The lowest BCUT2D eigenvalue weighted by atomic mass is 10.00. The SMILES string of the molecule is CCc1ccc(-c2cc(F)c(C)c(F)c2F)c(F)c1. The largest absolute Gasteiger partial charge is 0.207 e. The standard InChI is InChI=1S/C15H12F4/c1-3-9-4-5-10(13(17)6-9)11-7-12(16)8(2)14(18)15(11)19/h4-7H,3H2,1-2H3. The minimum Gasteiger partial charge on any atom is -0.207 e. The van der Waals surface area contributed by atoms with E-state index in [1.807, 2.05) is 6.92 Å². The molecule has 0 saturated carbocycles. The molecule has 2 rings (SSSR count). The molecule has 0 aliphatic carbocycles. The van der Waals surface area contributed by atoms with E-state index in [2.05, 4.69) is 0 Å². The number of hydrogen-bond acceptors (Lipinski definition) is 0. The molecule has 100 valence electrons. The summed E-state index contributed by atoms with van der Waals surface area (Å²) >= 11 is 0. The molecule has 0 unspecified atom stereocenters. The summed E-state index contributed by atoms with van der Waals surface area (Å²) in [6.07, 6.45) is 0.621. The van der Waals surface area contributed by atoms with Crippen molar-refractivity contribution in [2.75, 3.05) is 0 Å². The summed E-state index contributed by atoms with van der Waals surface area (Å²) in [4.78, 5) is 0. The van der Waals surface area contributed by atoms with Gasteiger partial charge in [0.25, 0.3) is 0 Å². The summed E-state index contributed by atoms with van der Waals surface area (Å²) in [5, 5.41) is 0. The van der Waals surface area contributed by atoms with Crippen molar-refractivity contribution in [3.05, 3.63) is 58.7 Å². The van der Waals surface area contributed by atoms with Crippen molar-refractivity contribution in [1.82, 2.24) is 0 Å². The van der Waals surface area contributed by atoms with Gasteiger partial charge in [-0.15, -0.1) is 0 Å². The van der Waals surface area contributed by atoms with Crippen LogP contribution in [0.25, 0.3) is 11.1 Å². The van der Waals surface area contributed by atoms with Crippen molar-refractivity contribution in [2.45, 2.75) is 20.3 Å². The van der Waals surface area contributed by atoms with Crippen LogP contribution in [0.1, 0.15) is 18.1 Å². The molecular formula is C15H12F4. The highest BCUT2D eigenvalue weighted by Gasteiger charge is 2.19. The predicted molar refractivity (Wildman–Crippen MR) is 65.8 cm³/mol. The molecule has 0 N–H and O–H groups in total. The summed E-state index contributed by atoms with van der Waals surface area (Å²) in [5.41, 5.74) is -0.227. The molecule has 0 radical (unpaired) electrons. The Morgan fingerprint density at radius 1 is 0.842 bits per heavy atom. The van der Waals surface area contributed by atoms with Crippen molar-refractivity contribution < 1.29 is 17.6 Å². The third kappa shape index (κ3) is 2.35. The molecule has 2 aromatic carbocycles. The van der Waals surface area contributed by atoms with Crippen LogP contribution in [-0.4, -0.2) is 0 Å². The molecule has 0 saturated heterocycles. The zero-order valence-corrected chi connectivity index (χ0v) is 10.5. The zero-order chi connectivity index (χ0) is 14.2. The van der Waals surface area contributed by atoms with Crippen LogP contribution in [0.3, 0.4) is 0 Å². The van der Waals surface area contributed by atoms with E-state index < -0.39 is 34.4 Å². The third-order valence-corrected chi connectivity index (χ3v) is 3.12. The van der Waals surface area contributed by atoms with E-state index in [1.54, 1.807) is 6.07 Å². The Kier molecular flexibility index (Phi) is 3.60. The van der Waals surface area contributed by atoms with Crippen molar-refractivity contribution in [3.8, 4) is 11.1 Å². The van der Waals surface area contributed by atoms with E-state index in [-0.39, 0.29) is 5.56 Å². The van der Waals surface area contributed by atoms with Gasteiger partial charge in [0.1, 0.15) is 11.6 Å². The average Bonchev–Trinajstić information content (AvgIpc) is 2.41. The van der Waals surface area contributed by atoms with Crippen LogP contribution in [0.2, 0.25) is 0 Å². The van der Waals surface area contributed by atoms with Gasteiger partial charge in [-0.1, -0.05) is 19.1 Å². The Bertz CT molecular complexity index is 633. The van der Waals surface area contributed by atoms with E-state index in [0.717, 1.165) is 18.6 Å². The first-order valence-electron chi connectivity index (χ1n) is 5.88. The quantitative estimate of drug-likeness (QED) is 0.543. The van der Waals surface area contributed by atoms with Crippen LogP contribution in [0.5, 0.6) is 0 Å². The maximum Gasteiger partial charge on any atom is 0.167 e. The minimum atomic E-state index is -1.28. The highest BCUT2D eigenvalue weighted by molar-refractivity contribution is 5.66. The Morgan fingerprint density at radius 3 is 2.11 bits per heavy atom. The number of halogens is 4. The fourth-order valence-electron chi connectivity index (χ4n) is 1.88. The minimum absolute atomic E-state index is 0.146. The summed E-state index contributed by atoms with van der Waals surface area (Å²) in [6.45, 7) is 2.98. The molecule has 0 amide bonds. The van der Waals surface area contributed by atoms with Gasteiger partial charge >= 0.3 is 0 Å².